The van der Waals surface area contributed by atoms with Crippen molar-refractivity contribution in [3.63, 3.8) is 0 Å². The van der Waals surface area contributed by atoms with E-state index in [1.54, 1.807) is 0 Å². The number of hydrogen-bond donors (Lipinski definition) is 0. The zero-order valence-electron chi connectivity index (χ0n) is 30.0. The third-order valence-corrected chi connectivity index (χ3v) is 11.9. The summed E-state index contributed by atoms with van der Waals surface area (Å²) in [4.78, 5) is 11.3. The van der Waals surface area contributed by atoms with Crippen molar-refractivity contribution in [3.05, 3.63) is 176 Å². The first kappa shape index (κ1) is 29.8. The van der Waals surface area contributed by atoms with Crippen molar-refractivity contribution in [3.8, 4) is 17.1 Å². The lowest BCUT2D eigenvalue weighted by Crippen LogP contribution is -2.04. The first-order chi connectivity index (χ1) is 27.8. The monoisotopic (exact) mass is 711 g/mol. The van der Waals surface area contributed by atoms with Crippen LogP contribution in [0.25, 0.3) is 126 Å². The predicted molar refractivity (Wildman–Crippen MR) is 234 cm³/mol. The van der Waals surface area contributed by atoms with Crippen LogP contribution in [-0.4, -0.2) is 14.5 Å². The Balaban J connectivity index is 1.28. The van der Waals surface area contributed by atoms with Gasteiger partial charge in [0.25, 0.3) is 0 Å². The van der Waals surface area contributed by atoms with Crippen LogP contribution in [0.15, 0.2) is 180 Å². The summed E-state index contributed by atoms with van der Waals surface area (Å²) >= 11 is 0. The quantitative estimate of drug-likeness (QED) is 0.168. The van der Waals surface area contributed by atoms with Gasteiger partial charge in [0.1, 0.15) is 16.9 Å². The van der Waals surface area contributed by atoms with Gasteiger partial charge in [-0.1, -0.05) is 152 Å². The highest BCUT2D eigenvalue weighted by molar-refractivity contribution is 6.36. The van der Waals surface area contributed by atoms with E-state index in [0.29, 0.717) is 0 Å². The summed E-state index contributed by atoms with van der Waals surface area (Å²) in [6.07, 6.45) is 0. The number of rotatable bonds is 2. The Kier molecular flexibility index (Phi) is 5.86. The molecular weight excluding hydrogens is 683 g/mol. The Morgan fingerprint density at radius 2 is 0.982 bits per heavy atom. The molecule has 13 rings (SSSR count). The Bertz CT molecular complexity index is 3800. The molecule has 0 fully saturated rings. The number of hydrogen-bond acceptors (Lipinski definition) is 3. The molecule has 0 spiro atoms. The molecule has 0 amide bonds. The number of benzene rings is 10. The van der Waals surface area contributed by atoms with E-state index in [0.717, 1.165) is 77.2 Å². The van der Waals surface area contributed by atoms with Crippen LogP contribution in [0.4, 0.5) is 0 Å². The van der Waals surface area contributed by atoms with Crippen molar-refractivity contribution in [1.29, 1.82) is 0 Å². The standard InChI is InChI=1S/C52H29N3O/c1-3-14-32-30(12-1)25-28-43-48(32)54-52(49(53-43)42-22-11-21-40-37-19-9-10-23-45(37)56-51(40)42)55-44-29-27-39-36-18-6-5-16-34(36)35-17-7-8-20-38(35)46(39)47(44)41-26-24-31-13-2-4-15-33(31)50(41)55/h1-29H. The normalized spacial score (nSPS) is 12.3. The topological polar surface area (TPSA) is 43.9 Å². The zero-order chi connectivity index (χ0) is 36.5. The molecule has 0 saturated carbocycles. The van der Waals surface area contributed by atoms with Crippen LogP contribution in [0, 0.1) is 0 Å². The van der Waals surface area contributed by atoms with Crippen LogP contribution < -0.4 is 0 Å². The van der Waals surface area contributed by atoms with Gasteiger partial charge in [0, 0.05) is 43.3 Å². The second-order valence-corrected chi connectivity index (χ2v) is 14.8. The fourth-order valence-electron chi connectivity index (χ4n) is 9.53. The Labute approximate surface area is 319 Å². The number of fused-ring (bicyclic) bond motifs is 18. The number of nitrogens with zero attached hydrogens (tertiary/aromatic N) is 3. The molecule has 0 aliphatic heterocycles. The van der Waals surface area contributed by atoms with E-state index in [4.69, 9.17) is 14.4 Å². The van der Waals surface area contributed by atoms with Crippen LogP contribution in [-0.2, 0) is 0 Å². The van der Waals surface area contributed by atoms with Gasteiger partial charge >= 0.3 is 0 Å². The highest BCUT2D eigenvalue weighted by atomic mass is 16.3. The highest BCUT2D eigenvalue weighted by Crippen LogP contribution is 2.46. The SMILES string of the molecule is c1ccc2c(c1)ccc1nc(-c3cccc4c3oc3ccccc34)c(-n3c4ccc5c6ccccc6c6ccccc6c5c4c4ccc5ccccc5c43)nc12. The molecule has 13 aromatic rings. The van der Waals surface area contributed by atoms with Crippen molar-refractivity contribution in [2.45, 2.75) is 0 Å². The van der Waals surface area contributed by atoms with Crippen LogP contribution in [0.2, 0.25) is 0 Å². The van der Waals surface area contributed by atoms with Gasteiger partial charge in [-0.15, -0.1) is 0 Å². The van der Waals surface area contributed by atoms with Crippen molar-refractivity contribution >= 4 is 109 Å². The smallest absolute Gasteiger partial charge is 0.165 e. The molecule has 0 N–H and O–H groups in total. The fraction of sp³-hybridized carbons (Fsp3) is 0. The summed E-state index contributed by atoms with van der Waals surface area (Å²) in [7, 11) is 0. The summed E-state index contributed by atoms with van der Waals surface area (Å²) in [5.74, 6) is 0.766. The molecule has 4 nitrogen and oxygen atoms in total. The summed E-state index contributed by atoms with van der Waals surface area (Å²) < 4.78 is 9.10. The average molecular weight is 712 g/mol. The van der Waals surface area contributed by atoms with Gasteiger partial charge in [-0.25, -0.2) is 9.97 Å². The summed E-state index contributed by atoms with van der Waals surface area (Å²) in [5, 5.41) is 16.5. The van der Waals surface area contributed by atoms with Gasteiger partial charge in [0.2, 0.25) is 0 Å². The summed E-state index contributed by atoms with van der Waals surface area (Å²) in [6.45, 7) is 0. The molecule has 0 unspecified atom stereocenters. The molecule has 10 aromatic carbocycles. The molecule has 3 heterocycles. The third-order valence-electron chi connectivity index (χ3n) is 11.9. The average Bonchev–Trinajstić information content (AvgIpc) is 3.82. The summed E-state index contributed by atoms with van der Waals surface area (Å²) in [5.41, 5.74) is 7.22. The number of furan rings is 1. The van der Waals surface area contributed by atoms with Crippen LogP contribution in [0.1, 0.15) is 0 Å². The zero-order valence-corrected chi connectivity index (χ0v) is 30.0. The minimum absolute atomic E-state index is 0.766. The van der Waals surface area contributed by atoms with E-state index in [1.165, 1.54) is 48.5 Å². The van der Waals surface area contributed by atoms with Crippen molar-refractivity contribution in [2.75, 3.05) is 0 Å². The lowest BCUT2D eigenvalue weighted by molar-refractivity contribution is 0.669. The van der Waals surface area contributed by atoms with Crippen molar-refractivity contribution < 1.29 is 4.42 Å². The van der Waals surface area contributed by atoms with E-state index in [1.807, 2.05) is 12.1 Å². The van der Waals surface area contributed by atoms with E-state index >= 15 is 0 Å². The first-order valence-corrected chi connectivity index (χ1v) is 19.1. The van der Waals surface area contributed by atoms with Crippen LogP contribution >= 0.6 is 0 Å². The van der Waals surface area contributed by atoms with Gasteiger partial charge in [0.15, 0.2) is 5.82 Å². The van der Waals surface area contributed by atoms with Gasteiger partial charge < -0.3 is 4.42 Å². The van der Waals surface area contributed by atoms with Crippen molar-refractivity contribution in [1.82, 2.24) is 14.5 Å². The number of aromatic nitrogens is 3. The molecular formula is C52H29N3O. The van der Waals surface area contributed by atoms with Gasteiger partial charge in [-0.05, 0) is 62.0 Å². The Morgan fingerprint density at radius 1 is 0.393 bits per heavy atom. The Morgan fingerprint density at radius 3 is 1.79 bits per heavy atom. The second-order valence-electron chi connectivity index (χ2n) is 14.8. The van der Waals surface area contributed by atoms with Gasteiger partial charge in [-0.3, -0.25) is 4.57 Å². The molecule has 0 saturated heterocycles. The minimum Gasteiger partial charge on any atom is -0.455 e. The molecule has 0 aliphatic rings. The van der Waals surface area contributed by atoms with E-state index in [2.05, 4.69) is 168 Å². The molecule has 0 bridgehead atoms. The van der Waals surface area contributed by atoms with E-state index in [-0.39, 0.29) is 0 Å². The maximum absolute atomic E-state index is 6.71. The van der Waals surface area contributed by atoms with E-state index < -0.39 is 0 Å². The lowest BCUT2D eigenvalue weighted by Gasteiger charge is -2.16. The fourth-order valence-corrected chi connectivity index (χ4v) is 9.53. The maximum Gasteiger partial charge on any atom is 0.165 e. The molecule has 3 aromatic heterocycles. The van der Waals surface area contributed by atoms with Crippen LogP contribution in [0.5, 0.6) is 0 Å². The van der Waals surface area contributed by atoms with Crippen LogP contribution in [0.3, 0.4) is 0 Å². The largest absolute Gasteiger partial charge is 0.455 e. The minimum atomic E-state index is 0.766. The van der Waals surface area contributed by atoms with Crippen molar-refractivity contribution in [2.24, 2.45) is 0 Å². The second kappa shape index (κ2) is 11.0. The maximum atomic E-state index is 6.71. The third kappa shape index (κ3) is 3.92. The summed E-state index contributed by atoms with van der Waals surface area (Å²) in [6, 6.07) is 62.9. The molecule has 0 aliphatic carbocycles. The molecule has 4 heteroatoms. The molecule has 0 atom stereocenters. The van der Waals surface area contributed by atoms with Gasteiger partial charge in [-0.2, -0.15) is 0 Å². The molecule has 0 radical (unpaired) electrons. The lowest BCUT2D eigenvalue weighted by atomic mass is 9.91. The van der Waals surface area contributed by atoms with E-state index in [9.17, 15) is 0 Å². The molecule has 258 valence electrons. The first-order valence-electron chi connectivity index (χ1n) is 19.1. The molecule has 56 heavy (non-hydrogen) atoms. The predicted octanol–water partition coefficient (Wildman–Crippen LogP) is 14.1. The number of para-hydroxylation sites is 2. The highest BCUT2D eigenvalue weighted by Gasteiger charge is 2.25. The van der Waals surface area contributed by atoms with Gasteiger partial charge in [0.05, 0.1) is 22.1 Å². The Hall–Kier alpha value is -7.56.